The average molecular weight is 390 g/mol. The summed E-state index contributed by atoms with van der Waals surface area (Å²) in [4.78, 5) is 9.68. The number of fused-ring (bicyclic) bond motifs is 2. The maximum atomic E-state index is 10.4. The Hall–Kier alpha value is -2.87. The van der Waals surface area contributed by atoms with Crippen molar-refractivity contribution in [2.75, 3.05) is 6.61 Å². The number of benzene rings is 2. The summed E-state index contributed by atoms with van der Waals surface area (Å²) in [5.74, 6) is 0. The number of aliphatic hydroxyl groups excluding tert-OH is 2. The van der Waals surface area contributed by atoms with Gasteiger partial charge in [-0.2, -0.15) is 5.10 Å². The smallest absolute Gasteiger partial charge is 0.182 e. The molecule has 3 heterocycles. The number of rotatable bonds is 2. The Labute approximate surface area is 167 Å². The van der Waals surface area contributed by atoms with Gasteiger partial charge in [-0.05, 0) is 56.2 Å². The molecule has 0 aliphatic carbocycles. The molecule has 0 bridgehead atoms. The van der Waals surface area contributed by atoms with E-state index in [-0.39, 0.29) is 6.61 Å². The zero-order chi connectivity index (χ0) is 20.3. The summed E-state index contributed by atoms with van der Waals surface area (Å²) in [7, 11) is 0. The summed E-state index contributed by atoms with van der Waals surface area (Å²) in [6, 6.07) is 12.0. The van der Waals surface area contributed by atoms with Crippen molar-refractivity contribution >= 4 is 22.2 Å². The number of aromatic nitrogens is 4. The molecule has 3 atom stereocenters. The quantitative estimate of drug-likeness (QED) is 0.547. The molecule has 148 valence electrons. The number of aryl methyl sites for hydroxylation is 3. The van der Waals surface area contributed by atoms with Gasteiger partial charge in [0.15, 0.2) is 5.65 Å². The van der Waals surface area contributed by atoms with E-state index in [1.807, 2.05) is 57.2 Å². The minimum Gasteiger partial charge on any atom is -0.388 e. The molecule has 1 aliphatic heterocycles. The van der Waals surface area contributed by atoms with Crippen molar-refractivity contribution in [2.24, 2.45) is 0 Å². The molecular weight excluding hydrogens is 368 g/mol. The van der Waals surface area contributed by atoms with E-state index in [1.165, 1.54) is 0 Å². The summed E-state index contributed by atoms with van der Waals surface area (Å²) in [6.45, 7) is 6.17. The number of aliphatic hydroxyl groups is 2. The van der Waals surface area contributed by atoms with Crippen molar-refractivity contribution in [1.29, 1.82) is 0 Å². The Balaban J connectivity index is 1.80. The summed E-state index contributed by atoms with van der Waals surface area (Å²) < 4.78 is 7.38. The fourth-order valence-electron chi connectivity index (χ4n) is 3.72. The molecule has 0 radical (unpaired) electrons. The minimum absolute atomic E-state index is 0.0596. The molecule has 0 saturated carbocycles. The van der Waals surface area contributed by atoms with Crippen LogP contribution >= 0.6 is 0 Å². The minimum atomic E-state index is -1.06. The van der Waals surface area contributed by atoms with Gasteiger partial charge in [0.1, 0.15) is 29.5 Å². The van der Waals surface area contributed by atoms with Crippen LogP contribution in [0.1, 0.15) is 28.5 Å². The van der Waals surface area contributed by atoms with E-state index in [0.717, 1.165) is 33.4 Å². The molecule has 4 aromatic rings. The lowest BCUT2D eigenvalue weighted by Gasteiger charge is -2.12. The highest BCUT2D eigenvalue weighted by atomic mass is 16.5. The van der Waals surface area contributed by atoms with Gasteiger partial charge in [-0.25, -0.2) is 14.6 Å². The molecule has 0 spiro atoms. The van der Waals surface area contributed by atoms with Crippen LogP contribution in [0.5, 0.6) is 0 Å². The van der Waals surface area contributed by atoms with Gasteiger partial charge in [0, 0.05) is 0 Å². The van der Waals surface area contributed by atoms with Crippen LogP contribution in [-0.4, -0.2) is 48.8 Å². The van der Waals surface area contributed by atoms with Crippen molar-refractivity contribution in [2.45, 2.75) is 39.1 Å². The number of hydrogen-bond acceptors (Lipinski definition) is 6. The van der Waals surface area contributed by atoms with Gasteiger partial charge in [-0.1, -0.05) is 17.7 Å². The summed E-state index contributed by atoms with van der Waals surface area (Å²) in [6.07, 6.45) is -2.76. The van der Waals surface area contributed by atoms with Crippen LogP contribution < -0.4 is 0 Å². The second-order valence-corrected chi connectivity index (χ2v) is 7.77. The van der Waals surface area contributed by atoms with E-state index >= 15 is 0 Å². The predicted octanol–water partition coefficient (Wildman–Crippen LogP) is 2.69. The van der Waals surface area contributed by atoms with Gasteiger partial charge in [0.2, 0.25) is 0 Å². The molecular formula is C22H22N4O3. The lowest BCUT2D eigenvalue weighted by Crippen LogP contribution is -2.25. The molecule has 29 heavy (non-hydrogen) atoms. The standard InChI is InChI=1S/C22H22N4O3/c1-11-4-6-14(7-5-11)26-22-19(18(25-26)21-20(28)17(27)10-29-21)23-15-8-12(2)13(3)9-16(15)24-22/h4-9,17,20-21,27-28H,10H2,1-3H3. The lowest BCUT2D eigenvalue weighted by atomic mass is 10.1. The van der Waals surface area contributed by atoms with E-state index in [0.29, 0.717) is 16.9 Å². The number of hydrogen-bond donors (Lipinski definition) is 2. The van der Waals surface area contributed by atoms with Gasteiger partial charge in [0.25, 0.3) is 0 Å². The second-order valence-electron chi connectivity index (χ2n) is 7.77. The third kappa shape index (κ3) is 2.90. The van der Waals surface area contributed by atoms with Crippen LogP contribution in [0.3, 0.4) is 0 Å². The highest BCUT2D eigenvalue weighted by Crippen LogP contribution is 2.34. The molecule has 2 aromatic heterocycles. The molecule has 7 nitrogen and oxygen atoms in total. The van der Waals surface area contributed by atoms with Crippen LogP contribution in [0, 0.1) is 20.8 Å². The van der Waals surface area contributed by atoms with Crippen molar-refractivity contribution in [3.63, 3.8) is 0 Å². The topological polar surface area (TPSA) is 93.3 Å². The molecule has 0 amide bonds. The molecule has 1 fully saturated rings. The van der Waals surface area contributed by atoms with E-state index in [4.69, 9.17) is 19.8 Å². The molecule has 2 aromatic carbocycles. The molecule has 5 rings (SSSR count). The first-order chi connectivity index (χ1) is 13.9. The summed E-state index contributed by atoms with van der Waals surface area (Å²) >= 11 is 0. The fraction of sp³-hybridized carbons (Fsp3) is 0.318. The van der Waals surface area contributed by atoms with Crippen molar-refractivity contribution in [3.8, 4) is 5.69 Å². The van der Waals surface area contributed by atoms with Crippen LogP contribution in [0.25, 0.3) is 27.9 Å². The first kappa shape index (κ1) is 18.2. The maximum absolute atomic E-state index is 10.4. The Kier molecular flexibility index (Phi) is 4.13. The Morgan fingerprint density at radius 1 is 0.966 bits per heavy atom. The lowest BCUT2D eigenvalue weighted by molar-refractivity contribution is 0.0209. The summed E-state index contributed by atoms with van der Waals surface area (Å²) in [5.41, 5.74) is 7.46. The largest absolute Gasteiger partial charge is 0.388 e. The average Bonchev–Trinajstić information content (AvgIpc) is 3.22. The molecule has 3 unspecified atom stereocenters. The Morgan fingerprint density at radius 3 is 2.24 bits per heavy atom. The van der Waals surface area contributed by atoms with Crippen molar-refractivity contribution in [1.82, 2.24) is 19.7 Å². The Morgan fingerprint density at radius 2 is 1.62 bits per heavy atom. The second kappa shape index (κ2) is 6.59. The van der Waals surface area contributed by atoms with Crippen LogP contribution in [-0.2, 0) is 4.74 Å². The van der Waals surface area contributed by atoms with E-state index in [9.17, 15) is 10.2 Å². The highest BCUT2D eigenvalue weighted by molar-refractivity contribution is 5.87. The van der Waals surface area contributed by atoms with Gasteiger partial charge in [-0.15, -0.1) is 0 Å². The van der Waals surface area contributed by atoms with Gasteiger partial charge < -0.3 is 14.9 Å². The van der Waals surface area contributed by atoms with Gasteiger partial charge in [0.05, 0.1) is 23.3 Å². The van der Waals surface area contributed by atoms with Crippen molar-refractivity contribution < 1.29 is 14.9 Å². The number of nitrogens with zero attached hydrogens (tertiary/aromatic N) is 4. The van der Waals surface area contributed by atoms with Crippen LogP contribution in [0.2, 0.25) is 0 Å². The fourth-order valence-corrected chi connectivity index (χ4v) is 3.72. The monoisotopic (exact) mass is 390 g/mol. The van der Waals surface area contributed by atoms with E-state index in [2.05, 4.69) is 0 Å². The first-order valence-corrected chi connectivity index (χ1v) is 9.65. The third-order valence-electron chi connectivity index (χ3n) is 5.61. The molecule has 7 heteroatoms. The SMILES string of the molecule is Cc1ccc(-n2nc(C3OCC(O)C3O)c3nc4cc(C)c(C)cc4nc32)cc1. The van der Waals surface area contributed by atoms with Crippen LogP contribution in [0.4, 0.5) is 0 Å². The van der Waals surface area contributed by atoms with E-state index < -0.39 is 18.3 Å². The van der Waals surface area contributed by atoms with Gasteiger partial charge >= 0.3 is 0 Å². The third-order valence-corrected chi connectivity index (χ3v) is 5.61. The highest BCUT2D eigenvalue weighted by Gasteiger charge is 2.39. The Bertz CT molecular complexity index is 1230. The number of ether oxygens (including phenoxy) is 1. The predicted molar refractivity (Wildman–Crippen MR) is 109 cm³/mol. The zero-order valence-electron chi connectivity index (χ0n) is 16.5. The molecule has 2 N–H and O–H groups in total. The maximum Gasteiger partial charge on any atom is 0.182 e. The molecule has 1 aliphatic rings. The summed E-state index contributed by atoms with van der Waals surface area (Å²) in [5, 5.41) is 25.1. The van der Waals surface area contributed by atoms with Crippen LogP contribution in [0.15, 0.2) is 36.4 Å². The zero-order valence-corrected chi connectivity index (χ0v) is 16.5. The van der Waals surface area contributed by atoms with Gasteiger partial charge in [-0.3, -0.25) is 0 Å². The normalized spacial score (nSPS) is 22.0. The molecule has 1 saturated heterocycles. The van der Waals surface area contributed by atoms with E-state index in [1.54, 1.807) is 4.68 Å². The first-order valence-electron chi connectivity index (χ1n) is 9.65. The van der Waals surface area contributed by atoms with Crippen molar-refractivity contribution in [3.05, 3.63) is 58.8 Å².